The molecule has 4 bridgehead atoms. The molecule has 0 spiro atoms. The predicted molar refractivity (Wildman–Crippen MR) is 79.5 cm³/mol. The monoisotopic (exact) mass is 271 g/mol. The first kappa shape index (κ1) is 12.8. The Morgan fingerprint density at radius 3 is 2.10 bits per heavy atom. The number of rotatable bonds is 4. The van der Waals surface area contributed by atoms with E-state index in [1.54, 1.807) is 0 Å². The minimum Gasteiger partial charge on any atom is -0.319 e. The molecule has 0 amide bonds. The normalized spacial score (nSPS) is 38.4. The van der Waals surface area contributed by atoms with Gasteiger partial charge in [-0.05, 0) is 81.9 Å². The molecule has 108 valence electrons. The van der Waals surface area contributed by atoms with Gasteiger partial charge in [0.15, 0.2) is 0 Å². The highest BCUT2D eigenvalue weighted by Gasteiger charge is 2.52. The fourth-order valence-corrected chi connectivity index (χ4v) is 5.41. The minimum absolute atomic E-state index is 0.344. The van der Waals surface area contributed by atoms with Crippen LogP contribution in [0.3, 0.4) is 0 Å². The summed E-state index contributed by atoms with van der Waals surface area (Å²) in [6.45, 7) is 1.00. The van der Waals surface area contributed by atoms with E-state index >= 15 is 0 Å². The lowest BCUT2D eigenvalue weighted by Gasteiger charge is -2.55. The Balaban J connectivity index is 1.57. The average molecular weight is 271 g/mol. The fraction of sp³-hybridized carbons (Fsp3) is 0.765. The van der Waals surface area contributed by atoms with E-state index in [2.05, 4.69) is 17.7 Å². The van der Waals surface area contributed by atoms with Crippen molar-refractivity contribution < 1.29 is 0 Å². The van der Waals surface area contributed by atoms with Gasteiger partial charge >= 0.3 is 0 Å². The second kappa shape index (κ2) is 4.80. The van der Waals surface area contributed by atoms with Crippen LogP contribution in [0.25, 0.3) is 0 Å². The first-order valence-corrected chi connectivity index (χ1v) is 8.23. The molecule has 1 heterocycles. The van der Waals surface area contributed by atoms with Crippen LogP contribution in [-0.2, 0) is 11.8 Å². The van der Waals surface area contributed by atoms with Crippen molar-refractivity contribution in [2.45, 2.75) is 50.4 Å². The van der Waals surface area contributed by atoms with Crippen LogP contribution >= 0.6 is 0 Å². The molecule has 4 aliphatic rings. The summed E-state index contributed by atoms with van der Waals surface area (Å²) in [5, 5.41) is 3.18. The fourth-order valence-electron chi connectivity index (χ4n) is 5.41. The SMILES string of the molecule is CNCCc1cnc(C23CC4CC(CC(C4)C2)C3)nc1. The largest absolute Gasteiger partial charge is 0.319 e. The highest BCUT2D eigenvalue weighted by Crippen LogP contribution is 2.59. The first-order chi connectivity index (χ1) is 9.77. The van der Waals surface area contributed by atoms with Gasteiger partial charge in [0.2, 0.25) is 0 Å². The summed E-state index contributed by atoms with van der Waals surface area (Å²) in [7, 11) is 1.99. The smallest absolute Gasteiger partial charge is 0.134 e. The molecule has 0 aromatic carbocycles. The molecule has 1 N–H and O–H groups in total. The van der Waals surface area contributed by atoms with E-state index in [1.165, 1.54) is 44.1 Å². The maximum absolute atomic E-state index is 4.78. The molecule has 3 heteroatoms. The third kappa shape index (κ3) is 2.07. The van der Waals surface area contributed by atoms with Crippen LogP contribution in [0.2, 0.25) is 0 Å². The van der Waals surface area contributed by atoms with Crippen molar-refractivity contribution in [2.75, 3.05) is 13.6 Å². The Labute approximate surface area is 121 Å². The van der Waals surface area contributed by atoms with E-state index in [0.29, 0.717) is 5.41 Å². The molecule has 4 aliphatic carbocycles. The van der Waals surface area contributed by atoms with Gasteiger partial charge in [-0.15, -0.1) is 0 Å². The summed E-state index contributed by atoms with van der Waals surface area (Å²) in [6.07, 6.45) is 13.7. The molecule has 0 atom stereocenters. The third-order valence-corrected chi connectivity index (χ3v) is 5.88. The van der Waals surface area contributed by atoms with Crippen molar-refractivity contribution in [3.05, 3.63) is 23.8 Å². The lowest BCUT2D eigenvalue weighted by atomic mass is 9.49. The summed E-state index contributed by atoms with van der Waals surface area (Å²) in [5.41, 5.74) is 1.60. The van der Waals surface area contributed by atoms with E-state index < -0.39 is 0 Å². The van der Waals surface area contributed by atoms with Crippen LogP contribution in [0.5, 0.6) is 0 Å². The molecule has 3 nitrogen and oxygen atoms in total. The molecule has 5 rings (SSSR count). The zero-order chi connectivity index (χ0) is 13.6. The van der Waals surface area contributed by atoms with E-state index in [1.807, 2.05) is 7.05 Å². The Morgan fingerprint density at radius 2 is 1.60 bits per heavy atom. The molecule has 0 radical (unpaired) electrons. The number of nitrogens with one attached hydrogen (secondary N) is 1. The topological polar surface area (TPSA) is 37.8 Å². The molecular weight excluding hydrogens is 246 g/mol. The maximum atomic E-state index is 4.78. The van der Waals surface area contributed by atoms with Gasteiger partial charge in [0.05, 0.1) is 0 Å². The van der Waals surface area contributed by atoms with E-state index in [0.717, 1.165) is 36.5 Å². The Hall–Kier alpha value is -0.960. The van der Waals surface area contributed by atoms with Crippen LogP contribution in [0.15, 0.2) is 12.4 Å². The highest BCUT2D eigenvalue weighted by atomic mass is 14.9. The van der Waals surface area contributed by atoms with Crippen molar-refractivity contribution in [3.8, 4) is 0 Å². The summed E-state index contributed by atoms with van der Waals surface area (Å²) < 4.78 is 0. The zero-order valence-electron chi connectivity index (χ0n) is 12.4. The number of aromatic nitrogens is 2. The summed E-state index contributed by atoms with van der Waals surface area (Å²) in [6, 6.07) is 0. The summed E-state index contributed by atoms with van der Waals surface area (Å²) in [5.74, 6) is 4.06. The van der Waals surface area contributed by atoms with E-state index in [9.17, 15) is 0 Å². The highest BCUT2D eigenvalue weighted by molar-refractivity contribution is 5.18. The molecule has 20 heavy (non-hydrogen) atoms. The minimum atomic E-state index is 0.344. The van der Waals surface area contributed by atoms with Crippen LogP contribution in [0, 0.1) is 17.8 Å². The number of likely N-dealkylation sites (N-methyl/N-ethyl adjacent to an activating group) is 1. The lowest BCUT2D eigenvalue weighted by Crippen LogP contribution is -2.49. The van der Waals surface area contributed by atoms with Gasteiger partial charge in [-0.3, -0.25) is 0 Å². The third-order valence-electron chi connectivity index (χ3n) is 5.88. The van der Waals surface area contributed by atoms with Gasteiger partial charge in [-0.1, -0.05) is 0 Å². The maximum Gasteiger partial charge on any atom is 0.134 e. The van der Waals surface area contributed by atoms with Crippen molar-refractivity contribution in [1.29, 1.82) is 0 Å². The number of hydrogen-bond acceptors (Lipinski definition) is 3. The molecule has 4 saturated carbocycles. The number of hydrogen-bond donors (Lipinski definition) is 1. The van der Waals surface area contributed by atoms with Crippen molar-refractivity contribution in [2.24, 2.45) is 17.8 Å². The standard InChI is InChI=1S/C17H25N3/c1-18-3-2-12-10-19-16(20-11-12)17-7-13-4-14(8-17)6-15(5-13)9-17/h10-11,13-15,18H,2-9H2,1H3. The zero-order valence-corrected chi connectivity index (χ0v) is 12.4. The van der Waals surface area contributed by atoms with E-state index in [4.69, 9.17) is 9.97 Å². The average Bonchev–Trinajstić information content (AvgIpc) is 2.44. The molecule has 0 saturated heterocycles. The Kier molecular flexibility index (Phi) is 3.06. The van der Waals surface area contributed by atoms with Gasteiger partial charge in [0, 0.05) is 17.8 Å². The first-order valence-electron chi connectivity index (χ1n) is 8.23. The quantitative estimate of drug-likeness (QED) is 0.915. The molecule has 0 unspecified atom stereocenters. The number of nitrogens with zero attached hydrogens (tertiary/aromatic N) is 2. The molecular formula is C17H25N3. The van der Waals surface area contributed by atoms with Crippen molar-refractivity contribution >= 4 is 0 Å². The van der Waals surface area contributed by atoms with Gasteiger partial charge in [-0.25, -0.2) is 9.97 Å². The van der Waals surface area contributed by atoms with E-state index in [-0.39, 0.29) is 0 Å². The Morgan fingerprint density at radius 1 is 1.05 bits per heavy atom. The lowest BCUT2D eigenvalue weighted by molar-refractivity contribution is -0.00942. The van der Waals surface area contributed by atoms with Crippen LogP contribution in [-0.4, -0.2) is 23.6 Å². The predicted octanol–water partition coefficient (Wildman–Crippen LogP) is 2.71. The summed E-state index contributed by atoms with van der Waals surface area (Å²) in [4.78, 5) is 9.57. The molecule has 0 aliphatic heterocycles. The molecule has 1 aromatic rings. The van der Waals surface area contributed by atoms with Crippen LogP contribution < -0.4 is 5.32 Å². The van der Waals surface area contributed by atoms with Crippen LogP contribution in [0.1, 0.15) is 49.9 Å². The molecule has 1 aromatic heterocycles. The second-order valence-electron chi connectivity index (χ2n) is 7.47. The van der Waals surface area contributed by atoms with Crippen molar-refractivity contribution in [1.82, 2.24) is 15.3 Å². The van der Waals surface area contributed by atoms with Crippen LogP contribution in [0.4, 0.5) is 0 Å². The van der Waals surface area contributed by atoms with Crippen molar-refractivity contribution in [3.63, 3.8) is 0 Å². The Bertz CT molecular complexity index is 444. The van der Waals surface area contributed by atoms with Gasteiger partial charge < -0.3 is 5.32 Å². The summed E-state index contributed by atoms with van der Waals surface area (Å²) >= 11 is 0. The van der Waals surface area contributed by atoms with Gasteiger partial charge in [0.1, 0.15) is 5.82 Å². The second-order valence-corrected chi connectivity index (χ2v) is 7.47. The molecule has 4 fully saturated rings. The van der Waals surface area contributed by atoms with Gasteiger partial charge in [-0.2, -0.15) is 0 Å². The van der Waals surface area contributed by atoms with Gasteiger partial charge in [0.25, 0.3) is 0 Å².